The summed E-state index contributed by atoms with van der Waals surface area (Å²) in [5.41, 5.74) is 1.22. The summed E-state index contributed by atoms with van der Waals surface area (Å²) in [7, 11) is 1.79. The quantitative estimate of drug-likeness (QED) is 0.365. The van der Waals surface area contributed by atoms with Crippen LogP contribution in [-0.2, 0) is 6.42 Å². The first-order chi connectivity index (χ1) is 12.3. The van der Waals surface area contributed by atoms with Gasteiger partial charge < -0.3 is 16.0 Å². The normalized spacial score (nSPS) is 11.2. The molecule has 2 rings (SSSR count). The molecule has 1 aromatic heterocycles. The lowest BCUT2D eigenvalue weighted by Gasteiger charge is -2.12. The van der Waals surface area contributed by atoms with Crippen LogP contribution >= 0.6 is 11.6 Å². The van der Waals surface area contributed by atoms with E-state index in [1.54, 1.807) is 13.2 Å². The SMILES string of the molecule is CN=C(NCCCCNc1ccccn1)NCCc1cccc(Cl)c1. The number of hydrogen-bond donors (Lipinski definition) is 3. The molecule has 2 aromatic rings. The second kappa shape index (κ2) is 11.3. The Labute approximate surface area is 154 Å². The van der Waals surface area contributed by atoms with Gasteiger partial charge in [-0.25, -0.2) is 4.98 Å². The van der Waals surface area contributed by atoms with E-state index in [1.165, 1.54) is 5.56 Å². The number of nitrogens with one attached hydrogen (secondary N) is 3. The Bertz CT molecular complexity index is 645. The van der Waals surface area contributed by atoms with Gasteiger partial charge in [-0.15, -0.1) is 0 Å². The predicted molar refractivity (Wildman–Crippen MR) is 106 cm³/mol. The molecule has 6 heteroatoms. The summed E-state index contributed by atoms with van der Waals surface area (Å²) in [6.07, 6.45) is 4.84. The van der Waals surface area contributed by atoms with Gasteiger partial charge in [0.1, 0.15) is 5.82 Å². The van der Waals surface area contributed by atoms with Gasteiger partial charge >= 0.3 is 0 Å². The number of hydrogen-bond acceptors (Lipinski definition) is 3. The van der Waals surface area contributed by atoms with Crippen LogP contribution in [0.3, 0.4) is 0 Å². The van der Waals surface area contributed by atoms with Gasteiger partial charge in [-0.2, -0.15) is 0 Å². The van der Waals surface area contributed by atoms with Crippen LogP contribution in [0.5, 0.6) is 0 Å². The van der Waals surface area contributed by atoms with Gasteiger partial charge in [0.15, 0.2) is 5.96 Å². The van der Waals surface area contributed by atoms with Crippen LogP contribution in [0.4, 0.5) is 5.82 Å². The molecule has 5 nitrogen and oxygen atoms in total. The van der Waals surface area contributed by atoms with Crippen LogP contribution < -0.4 is 16.0 Å². The Morgan fingerprint density at radius 2 is 1.88 bits per heavy atom. The first kappa shape index (κ1) is 19.1. The summed E-state index contributed by atoms with van der Waals surface area (Å²) < 4.78 is 0. The van der Waals surface area contributed by atoms with Crippen molar-refractivity contribution in [2.24, 2.45) is 4.99 Å². The maximum absolute atomic E-state index is 6.00. The van der Waals surface area contributed by atoms with Gasteiger partial charge in [0.05, 0.1) is 0 Å². The summed E-state index contributed by atoms with van der Waals surface area (Å²) in [6.45, 7) is 2.63. The Balaban J connectivity index is 1.54. The molecule has 0 fully saturated rings. The topological polar surface area (TPSA) is 61.3 Å². The third-order valence-electron chi connectivity index (χ3n) is 3.69. The standard InChI is InChI=1S/C19H26ClN5/c1-21-19(25-14-10-16-7-6-8-17(20)15-16)24-13-5-4-12-23-18-9-2-3-11-22-18/h2-3,6-9,11,15H,4-5,10,12-14H2,1H3,(H,22,23)(H2,21,24,25). The molecule has 1 aromatic carbocycles. The molecular weight excluding hydrogens is 334 g/mol. The van der Waals surface area contributed by atoms with Crippen molar-refractivity contribution < 1.29 is 0 Å². The number of guanidine groups is 1. The number of unbranched alkanes of at least 4 members (excludes halogenated alkanes) is 1. The lowest BCUT2D eigenvalue weighted by molar-refractivity contribution is 0.710. The number of nitrogens with zero attached hydrogens (tertiary/aromatic N) is 2. The maximum atomic E-state index is 6.00. The molecule has 1 heterocycles. The molecule has 0 spiro atoms. The van der Waals surface area contributed by atoms with Crippen LogP contribution in [0.25, 0.3) is 0 Å². The lowest BCUT2D eigenvalue weighted by atomic mass is 10.1. The molecule has 134 valence electrons. The van der Waals surface area contributed by atoms with E-state index in [9.17, 15) is 0 Å². The fourth-order valence-corrected chi connectivity index (χ4v) is 2.59. The van der Waals surface area contributed by atoms with Crippen LogP contribution in [0.2, 0.25) is 5.02 Å². The van der Waals surface area contributed by atoms with Crippen molar-refractivity contribution in [3.63, 3.8) is 0 Å². The fourth-order valence-electron chi connectivity index (χ4n) is 2.38. The first-order valence-corrected chi connectivity index (χ1v) is 8.99. The molecule has 0 aliphatic carbocycles. The van der Waals surface area contributed by atoms with E-state index in [1.807, 2.05) is 36.4 Å². The largest absolute Gasteiger partial charge is 0.370 e. The molecule has 0 amide bonds. The van der Waals surface area contributed by atoms with Crippen LogP contribution in [-0.4, -0.2) is 37.6 Å². The molecule has 0 aliphatic heterocycles. The highest BCUT2D eigenvalue weighted by atomic mass is 35.5. The van der Waals surface area contributed by atoms with Crippen LogP contribution in [0.1, 0.15) is 18.4 Å². The monoisotopic (exact) mass is 359 g/mol. The van der Waals surface area contributed by atoms with Gasteiger partial charge in [0.2, 0.25) is 0 Å². The van der Waals surface area contributed by atoms with E-state index >= 15 is 0 Å². The van der Waals surface area contributed by atoms with Crippen molar-refractivity contribution in [2.45, 2.75) is 19.3 Å². The smallest absolute Gasteiger partial charge is 0.190 e. The molecule has 0 saturated heterocycles. The molecule has 0 aliphatic rings. The average Bonchev–Trinajstić information content (AvgIpc) is 2.64. The summed E-state index contributed by atoms with van der Waals surface area (Å²) in [5.74, 6) is 1.76. The van der Waals surface area contributed by atoms with Crippen molar-refractivity contribution in [3.05, 3.63) is 59.2 Å². The predicted octanol–water partition coefficient (Wildman–Crippen LogP) is 3.33. The molecule has 0 atom stereocenters. The Morgan fingerprint density at radius 1 is 1.04 bits per heavy atom. The Morgan fingerprint density at radius 3 is 2.64 bits per heavy atom. The summed E-state index contributed by atoms with van der Waals surface area (Å²) in [5, 5.41) is 10.7. The minimum absolute atomic E-state index is 0.777. The molecule has 0 bridgehead atoms. The van der Waals surface area contributed by atoms with Gasteiger partial charge in [-0.3, -0.25) is 4.99 Å². The summed E-state index contributed by atoms with van der Waals surface area (Å²) >= 11 is 6.00. The fraction of sp³-hybridized carbons (Fsp3) is 0.368. The number of pyridine rings is 1. The molecule has 3 N–H and O–H groups in total. The summed E-state index contributed by atoms with van der Waals surface area (Å²) in [6, 6.07) is 13.8. The second-order valence-electron chi connectivity index (χ2n) is 5.65. The van der Waals surface area contributed by atoms with Crippen molar-refractivity contribution in [2.75, 3.05) is 32.0 Å². The van der Waals surface area contributed by atoms with Gasteiger partial charge in [-0.1, -0.05) is 29.8 Å². The zero-order valence-corrected chi connectivity index (χ0v) is 15.4. The molecule has 0 unspecified atom stereocenters. The lowest BCUT2D eigenvalue weighted by Crippen LogP contribution is -2.38. The number of rotatable bonds is 9. The van der Waals surface area contributed by atoms with Crippen molar-refractivity contribution in [3.8, 4) is 0 Å². The van der Waals surface area contributed by atoms with Gasteiger partial charge in [0, 0.05) is 37.9 Å². The van der Waals surface area contributed by atoms with E-state index in [2.05, 4.69) is 32.0 Å². The van der Waals surface area contributed by atoms with E-state index in [0.29, 0.717) is 0 Å². The Hall–Kier alpha value is -2.27. The summed E-state index contributed by atoms with van der Waals surface area (Å²) in [4.78, 5) is 8.48. The van der Waals surface area contributed by atoms with Crippen molar-refractivity contribution in [1.29, 1.82) is 0 Å². The molecular formula is C19H26ClN5. The highest BCUT2D eigenvalue weighted by Crippen LogP contribution is 2.10. The highest BCUT2D eigenvalue weighted by Gasteiger charge is 1.99. The van der Waals surface area contributed by atoms with Crippen LogP contribution in [0, 0.1) is 0 Å². The Kier molecular flexibility index (Phi) is 8.63. The number of benzene rings is 1. The number of aliphatic imine (C=N–C) groups is 1. The average molecular weight is 360 g/mol. The van der Waals surface area contributed by atoms with E-state index in [0.717, 1.165) is 55.7 Å². The van der Waals surface area contributed by atoms with Gasteiger partial charge in [-0.05, 0) is 49.1 Å². The molecule has 0 radical (unpaired) electrons. The zero-order valence-electron chi connectivity index (χ0n) is 14.6. The highest BCUT2D eigenvalue weighted by molar-refractivity contribution is 6.30. The van der Waals surface area contributed by atoms with E-state index < -0.39 is 0 Å². The van der Waals surface area contributed by atoms with Gasteiger partial charge in [0.25, 0.3) is 0 Å². The minimum Gasteiger partial charge on any atom is -0.370 e. The minimum atomic E-state index is 0.777. The molecule has 0 saturated carbocycles. The number of anilines is 1. The molecule has 25 heavy (non-hydrogen) atoms. The number of halogens is 1. The van der Waals surface area contributed by atoms with E-state index in [-0.39, 0.29) is 0 Å². The zero-order chi connectivity index (χ0) is 17.7. The number of aromatic nitrogens is 1. The first-order valence-electron chi connectivity index (χ1n) is 8.62. The third-order valence-corrected chi connectivity index (χ3v) is 3.92. The second-order valence-corrected chi connectivity index (χ2v) is 6.09. The maximum Gasteiger partial charge on any atom is 0.190 e. The van der Waals surface area contributed by atoms with Crippen molar-refractivity contribution >= 4 is 23.4 Å². The van der Waals surface area contributed by atoms with E-state index in [4.69, 9.17) is 11.6 Å². The third kappa shape index (κ3) is 7.90. The van der Waals surface area contributed by atoms with Crippen LogP contribution in [0.15, 0.2) is 53.7 Å². The van der Waals surface area contributed by atoms with Crippen molar-refractivity contribution in [1.82, 2.24) is 15.6 Å².